The molecule has 1 heterocycles. The molecule has 8 heteroatoms. The Morgan fingerprint density at radius 1 is 1.08 bits per heavy atom. The smallest absolute Gasteiger partial charge is 0.312 e. The van der Waals surface area contributed by atoms with Gasteiger partial charge in [-0.1, -0.05) is 18.6 Å². The van der Waals surface area contributed by atoms with Gasteiger partial charge in [-0.15, -0.1) is 0 Å². The van der Waals surface area contributed by atoms with Crippen LogP contribution in [0.3, 0.4) is 0 Å². The second-order valence-electron chi connectivity index (χ2n) is 6.27. The number of rotatable bonds is 5. The van der Waals surface area contributed by atoms with Crippen LogP contribution in [0.2, 0.25) is 0 Å². The number of ether oxygens (including phenoxy) is 1. The summed E-state index contributed by atoms with van der Waals surface area (Å²) in [6.07, 6.45) is 2.60. The first-order chi connectivity index (χ1) is 12.4. The molecule has 0 unspecified atom stereocenters. The molecule has 0 atom stereocenters. The SMILES string of the molecule is Cc1cccc(Oc2ccc(S(=O)(=O)N3CCCCC3)cc2[N+](=O)[O-])c1. The van der Waals surface area contributed by atoms with Crippen LogP contribution in [-0.2, 0) is 10.0 Å². The van der Waals surface area contributed by atoms with Gasteiger partial charge in [0.05, 0.1) is 9.82 Å². The van der Waals surface area contributed by atoms with Crippen LogP contribution in [0.15, 0.2) is 47.4 Å². The first-order valence-electron chi connectivity index (χ1n) is 8.41. The number of benzene rings is 2. The van der Waals surface area contributed by atoms with E-state index in [1.54, 1.807) is 18.2 Å². The van der Waals surface area contributed by atoms with Gasteiger partial charge < -0.3 is 4.74 Å². The lowest BCUT2D eigenvalue weighted by atomic mass is 10.2. The molecule has 1 aliphatic heterocycles. The Labute approximate surface area is 152 Å². The molecule has 1 aliphatic rings. The highest BCUT2D eigenvalue weighted by Crippen LogP contribution is 2.34. The zero-order chi connectivity index (χ0) is 18.7. The Hall–Kier alpha value is -2.45. The molecular weight excluding hydrogens is 356 g/mol. The molecule has 2 aromatic rings. The van der Waals surface area contributed by atoms with Gasteiger partial charge in [-0.2, -0.15) is 4.31 Å². The lowest BCUT2D eigenvalue weighted by Gasteiger charge is -2.25. The summed E-state index contributed by atoms with van der Waals surface area (Å²) in [7, 11) is -3.74. The maximum absolute atomic E-state index is 12.7. The minimum absolute atomic E-state index is 0.0122. The molecule has 0 radical (unpaired) electrons. The van der Waals surface area contributed by atoms with E-state index < -0.39 is 14.9 Å². The van der Waals surface area contributed by atoms with Crippen LogP contribution in [0.1, 0.15) is 24.8 Å². The van der Waals surface area contributed by atoms with E-state index in [2.05, 4.69) is 0 Å². The fraction of sp³-hybridized carbons (Fsp3) is 0.333. The van der Waals surface area contributed by atoms with Gasteiger partial charge in [-0.3, -0.25) is 10.1 Å². The number of aryl methyl sites for hydroxylation is 1. The number of nitrogens with zero attached hydrogens (tertiary/aromatic N) is 2. The third kappa shape index (κ3) is 3.86. The molecule has 0 amide bonds. The van der Waals surface area contributed by atoms with E-state index in [1.807, 2.05) is 13.0 Å². The van der Waals surface area contributed by atoms with Crippen LogP contribution in [0.4, 0.5) is 5.69 Å². The molecule has 3 rings (SSSR count). The van der Waals surface area contributed by atoms with Crippen LogP contribution in [-0.4, -0.2) is 30.7 Å². The van der Waals surface area contributed by atoms with E-state index in [-0.39, 0.29) is 16.3 Å². The predicted octanol–water partition coefficient (Wildman–Crippen LogP) is 3.87. The number of nitro benzene ring substituents is 1. The third-order valence-electron chi connectivity index (χ3n) is 4.30. The van der Waals surface area contributed by atoms with Crippen molar-refractivity contribution in [3.8, 4) is 11.5 Å². The van der Waals surface area contributed by atoms with Gasteiger partial charge in [-0.25, -0.2) is 8.42 Å². The fourth-order valence-electron chi connectivity index (χ4n) is 2.95. The number of hydrogen-bond donors (Lipinski definition) is 0. The Balaban J connectivity index is 1.95. The Morgan fingerprint density at radius 3 is 2.46 bits per heavy atom. The average Bonchev–Trinajstić information content (AvgIpc) is 2.62. The van der Waals surface area contributed by atoms with E-state index >= 15 is 0 Å². The summed E-state index contributed by atoms with van der Waals surface area (Å²) >= 11 is 0. The minimum atomic E-state index is -3.74. The van der Waals surface area contributed by atoms with Crippen LogP contribution < -0.4 is 4.74 Å². The number of piperidine rings is 1. The van der Waals surface area contributed by atoms with Crippen molar-refractivity contribution < 1.29 is 18.1 Å². The number of sulfonamides is 1. The fourth-order valence-corrected chi connectivity index (χ4v) is 4.48. The van der Waals surface area contributed by atoms with Gasteiger partial charge in [0.2, 0.25) is 15.8 Å². The van der Waals surface area contributed by atoms with Crippen molar-refractivity contribution in [2.45, 2.75) is 31.1 Å². The van der Waals surface area contributed by atoms with E-state index in [4.69, 9.17) is 4.74 Å². The Bertz CT molecular complexity index is 921. The van der Waals surface area contributed by atoms with E-state index in [1.165, 1.54) is 16.4 Å². The lowest BCUT2D eigenvalue weighted by molar-refractivity contribution is -0.385. The molecule has 1 fully saturated rings. The third-order valence-corrected chi connectivity index (χ3v) is 6.19. The van der Waals surface area contributed by atoms with Gasteiger partial charge >= 0.3 is 5.69 Å². The van der Waals surface area contributed by atoms with Crippen molar-refractivity contribution in [1.82, 2.24) is 4.31 Å². The summed E-state index contributed by atoms with van der Waals surface area (Å²) in [5.74, 6) is 0.470. The normalized spacial score (nSPS) is 15.6. The summed E-state index contributed by atoms with van der Waals surface area (Å²) in [5.41, 5.74) is 0.582. The van der Waals surface area contributed by atoms with Crippen molar-refractivity contribution in [2.24, 2.45) is 0 Å². The van der Waals surface area contributed by atoms with Crippen molar-refractivity contribution in [3.05, 3.63) is 58.1 Å². The highest BCUT2D eigenvalue weighted by Gasteiger charge is 2.29. The molecule has 0 saturated carbocycles. The van der Waals surface area contributed by atoms with Crippen LogP contribution in [0, 0.1) is 17.0 Å². The molecule has 0 spiro atoms. The summed E-state index contributed by atoms with van der Waals surface area (Å²) < 4.78 is 32.5. The largest absolute Gasteiger partial charge is 0.450 e. The lowest BCUT2D eigenvalue weighted by Crippen LogP contribution is -2.35. The van der Waals surface area contributed by atoms with Crippen LogP contribution in [0.25, 0.3) is 0 Å². The van der Waals surface area contributed by atoms with Gasteiger partial charge in [0.1, 0.15) is 5.75 Å². The van der Waals surface area contributed by atoms with E-state index in [0.717, 1.165) is 30.9 Å². The van der Waals surface area contributed by atoms with Gasteiger partial charge in [-0.05, 0) is 49.6 Å². The summed E-state index contributed by atoms with van der Waals surface area (Å²) in [5, 5.41) is 11.5. The Kier molecular flexibility index (Phi) is 5.24. The van der Waals surface area contributed by atoms with Crippen molar-refractivity contribution in [1.29, 1.82) is 0 Å². The molecular formula is C18H20N2O5S. The standard InChI is InChI=1S/C18H20N2O5S/c1-14-6-5-7-15(12-14)25-18-9-8-16(13-17(18)20(21)22)26(23,24)19-10-3-2-4-11-19/h5-9,12-13H,2-4,10-11H2,1H3. The average molecular weight is 376 g/mol. The van der Waals surface area contributed by atoms with Gasteiger partial charge in [0, 0.05) is 19.2 Å². The monoisotopic (exact) mass is 376 g/mol. The van der Waals surface area contributed by atoms with Gasteiger partial charge in [0.25, 0.3) is 0 Å². The predicted molar refractivity (Wildman–Crippen MR) is 97.0 cm³/mol. The number of nitro groups is 1. The Morgan fingerprint density at radius 2 is 1.81 bits per heavy atom. The van der Waals surface area contributed by atoms with Crippen molar-refractivity contribution >= 4 is 15.7 Å². The quantitative estimate of drug-likeness (QED) is 0.584. The number of hydrogen-bond acceptors (Lipinski definition) is 5. The highest BCUT2D eigenvalue weighted by molar-refractivity contribution is 7.89. The highest BCUT2D eigenvalue weighted by atomic mass is 32.2. The molecule has 0 bridgehead atoms. The maximum atomic E-state index is 12.7. The second-order valence-corrected chi connectivity index (χ2v) is 8.21. The molecule has 26 heavy (non-hydrogen) atoms. The molecule has 7 nitrogen and oxygen atoms in total. The molecule has 0 aromatic heterocycles. The van der Waals surface area contributed by atoms with Gasteiger partial charge in [0.15, 0.2) is 0 Å². The molecule has 138 valence electrons. The summed E-state index contributed by atoms with van der Waals surface area (Å²) in [6.45, 7) is 2.77. The molecule has 0 aliphatic carbocycles. The zero-order valence-corrected chi connectivity index (χ0v) is 15.2. The van der Waals surface area contributed by atoms with Crippen molar-refractivity contribution in [2.75, 3.05) is 13.1 Å². The van der Waals surface area contributed by atoms with E-state index in [0.29, 0.717) is 18.8 Å². The maximum Gasteiger partial charge on any atom is 0.312 e. The first kappa shape index (κ1) is 18.3. The second kappa shape index (κ2) is 7.43. The summed E-state index contributed by atoms with van der Waals surface area (Å²) in [6, 6.07) is 10.9. The van der Waals surface area contributed by atoms with Crippen LogP contribution >= 0.6 is 0 Å². The zero-order valence-electron chi connectivity index (χ0n) is 14.4. The van der Waals surface area contributed by atoms with Crippen molar-refractivity contribution in [3.63, 3.8) is 0 Å². The van der Waals surface area contributed by atoms with Crippen LogP contribution in [0.5, 0.6) is 11.5 Å². The van der Waals surface area contributed by atoms with E-state index in [9.17, 15) is 18.5 Å². The molecule has 2 aromatic carbocycles. The molecule has 1 saturated heterocycles. The topological polar surface area (TPSA) is 89.8 Å². The summed E-state index contributed by atoms with van der Waals surface area (Å²) in [4.78, 5) is 10.7. The first-order valence-corrected chi connectivity index (χ1v) is 9.85. The molecule has 0 N–H and O–H groups in total. The minimum Gasteiger partial charge on any atom is -0.450 e.